The van der Waals surface area contributed by atoms with Crippen molar-refractivity contribution in [2.45, 2.75) is 24.7 Å². The fourth-order valence-corrected chi connectivity index (χ4v) is 5.73. The summed E-state index contributed by atoms with van der Waals surface area (Å²) in [5.41, 5.74) is 2.24. The van der Waals surface area contributed by atoms with E-state index in [1.54, 1.807) is 45.7 Å². The molecule has 4 rings (SSSR count). The zero-order valence-corrected chi connectivity index (χ0v) is 21.0. The molecule has 8 nitrogen and oxygen atoms in total. The summed E-state index contributed by atoms with van der Waals surface area (Å²) in [5.74, 6) is 0.863. The minimum atomic E-state index is -0.700. The Kier molecular flexibility index (Phi) is 6.50. The van der Waals surface area contributed by atoms with E-state index in [1.807, 2.05) is 18.4 Å². The summed E-state index contributed by atoms with van der Waals surface area (Å²) in [5, 5.41) is 19.8. The van der Waals surface area contributed by atoms with Gasteiger partial charge in [0.1, 0.15) is 11.9 Å². The molecule has 2 aromatic heterocycles. The van der Waals surface area contributed by atoms with Gasteiger partial charge < -0.3 is 19.1 Å². The second kappa shape index (κ2) is 9.39. The molecule has 0 spiro atoms. The van der Waals surface area contributed by atoms with Crippen molar-refractivity contribution in [3.05, 3.63) is 58.0 Å². The summed E-state index contributed by atoms with van der Waals surface area (Å²) in [6, 6.07) is 9.55. The van der Waals surface area contributed by atoms with E-state index >= 15 is 0 Å². The molecule has 0 bridgehead atoms. The maximum atomic E-state index is 13.7. The number of nitrogens with zero attached hydrogens (tertiary/aromatic N) is 3. The molecule has 180 valence electrons. The van der Waals surface area contributed by atoms with E-state index in [4.69, 9.17) is 19.6 Å². The molecule has 1 aliphatic rings. The first kappa shape index (κ1) is 24.2. The van der Waals surface area contributed by atoms with Crippen LogP contribution in [0.4, 0.5) is 0 Å². The van der Waals surface area contributed by atoms with Gasteiger partial charge in [-0.15, -0.1) is 11.3 Å². The van der Waals surface area contributed by atoms with Gasteiger partial charge in [-0.1, -0.05) is 6.92 Å². The normalized spacial score (nSPS) is 19.9. The van der Waals surface area contributed by atoms with E-state index in [0.29, 0.717) is 29.2 Å². The number of piperidine rings is 1. The van der Waals surface area contributed by atoms with Crippen LogP contribution in [0.25, 0.3) is 11.1 Å². The summed E-state index contributed by atoms with van der Waals surface area (Å²) >= 11 is 1.53. The maximum absolute atomic E-state index is 13.7. The lowest BCUT2D eigenvalue weighted by molar-refractivity contribution is -0.131. The Morgan fingerprint density at radius 3 is 2.40 bits per heavy atom. The number of nitriles is 1. The summed E-state index contributed by atoms with van der Waals surface area (Å²) < 4.78 is 16.6. The lowest BCUT2D eigenvalue weighted by atomic mass is 9.67. The molecule has 1 fully saturated rings. The third-order valence-corrected chi connectivity index (χ3v) is 7.75. The van der Waals surface area contributed by atoms with E-state index in [2.05, 4.69) is 11.1 Å². The lowest BCUT2D eigenvalue weighted by Gasteiger charge is -2.44. The molecule has 0 unspecified atom stereocenters. The highest BCUT2D eigenvalue weighted by Crippen LogP contribution is 2.51. The molecule has 9 heteroatoms. The number of ether oxygens (including phenoxy) is 3. The standard InChI is InChI=1S/C26H26N4O4S/c1-26(21-9-18(14-35-21)17-6-15(11-27)12-29-13-17)10-22(28)30(2)25(31)23(26)16-7-19(32-3)24(34-5)20(8-16)33-4/h6-9,12-14,23,28H,10H2,1-5H3/t23-,26-/m1/s1. The number of carbonyl (C=O) groups excluding carboxylic acids is 1. The number of methoxy groups -OCH3 is 3. The van der Waals surface area contributed by atoms with Crippen LogP contribution in [0.5, 0.6) is 17.2 Å². The maximum Gasteiger partial charge on any atom is 0.236 e. The van der Waals surface area contributed by atoms with Gasteiger partial charge in [0.2, 0.25) is 11.7 Å². The Morgan fingerprint density at radius 2 is 1.80 bits per heavy atom. The Bertz CT molecular complexity index is 1320. The minimum Gasteiger partial charge on any atom is -0.493 e. The van der Waals surface area contributed by atoms with Crippen LogP contribution in [0.3, 0.4) is 0 Å². The minimum absolute atomic E-state index is 0.180. The number of nitrogens with one attached hydrogen (secondary N) is 1. The quantitative estimate of drug-likeness (QED) is 0.541. The highest BCUT2D eigenvalue weighted by molar-refractivity contribution is 7.10. The molecule has 2 atom stereocenters. The van der Waals surface area contributed by atoms with Crippen LogP contribution in [0.2, 0.25) is 0 Å². The van der Waals surface area contributed by atoms with Gasteiger partial charge in [0.05, 0.1) is 32.8 Å². The molecule has 3 heterocycles. The van der Waals surface area contributed by atoms with Crippen molar-refractivity contribution in [1.29, 1.82) is 10.7 Å². The highest BCUT2D eigenvalue weighted by atomic mass is 32.1. The smallest absolute Gasteiger partial charge is 0.236 e. The first-order chi connectivity index (χ1) is 16.8. The van der Waals surface area contributed by atoms with E-state index in [-0.39, 0.29) is 11.7 Å². The summed E-state index contributed by atoms with van der Waals surface area (Å²) in [6.45, 7) is 2.01. The molecular weight excluding hydrogens is 464 g/mol. The van der Waals surface area contributed by atoms with Crippen LogP contribution < -0.4 is 14.2 Å². The number of carbonyl (C=O) groups is 1. The van der Waals surface area contributed by atoms with Crippen LogP contribution in [-0.2, 0) is 10.2 Å². The number of rotatable bonds is 6. The number of likely N-dealkylation sites (N-methyl/N-ethyl adjacent to an activating group) is 1. The van der Waals surface area contributed by atoms with E-state index in [9.17, 15) is 10.1 Å². The zero-order chi connectivity index (χ0) is 25.3. The van der Waals surface area contributed by atoms with Crippen molar-refractivity contribution in [1.82, 2.24) is 9.88 Å². The van der Waals surface area contributed by atoms with Crippen molar-refractivity contribution >= 4 is 23.1 Å². The zero-order valence-electron chi connectivity index (χ0n) is 20.2. The lowest BCUT2D eigenvalue weighted by Crippen LogP contribution is -2.51. The van der Waals surface area contributed by atoms with Crippen LogP contribution in [-0.4, -0.2) is 50.0 Å². The van der Waals surface area contributed by atoms with Crippen molar-refractivity contribution in [3.63, 3.8) is 0 Å². The summed E-state index contributed by atoms with van der Waals surface area (Å²) in [6.07, 6.45) is 3.61. The number of amidine groups is 1. The van der Waals surface area contributed by atoms with Gasteiger partial charge in [-0.3, -0.25) is 15.2 Å². The average Bonchev–Trinajstić information content (AvgIpc) is 3.38. The number of aromatic nitrogens is 1. The molecule has 3 aromatic rings. The summed E-state index contributed by atoms with van der Waals surface area (Å²) in [4.78, 5) is 20.2. The SMILES string of the molecule is COc1cc([C@@H]2C(=O)N(C)C(=N)C[C@]2(C)c2cc(-c3cncc(C#N)c3)cs2)cc(OC)c1OC. The van der Waals surface area contributed by atoms with Gasteiger partial charge in [0, 0.05) is 41.7 Å². The highest BCUT2D eigenvalue weighted by Gasteiger charge is 2.49. The van der Waals surface area contributed by atoms with Crippen molar-refractivity contribution in [3.8, 4) is 34.4 Å². The van der Waals surface area contributed by atoms with Gasteiger partial charge in [-0.2, -0.15) is 5.26 Å². The van der Waals surface area contributed by atoms with Gasteiger partial charge in [0.25, 0.3) is 0 Å². The van der Waals surface area contributed by atoms with Crippen LogP contribution in [0.1, 0.15) is 35.3 Å². The Balaban J connectivity index is 1.87. The second-order valence-electron chi connectivity index (χ2n) is 8.60. The number of benzene rings is 1. The fourth-order valence-electron chi connectivity index (χ4n) is 4.62. The first-order valence-electron chi connectivity index (χ1n) is 10.9. The topological polar surface area (TPSA) is 109 Å². The van der Waals surface area contributed by atoms with Crippen molar-refractivity contribution in [2.75, 3.05) is 28.4 Å². The predicted molar refractivity (Wildman–Crippen MR) is 134 cm³/mol. The van der Waals surface area contributed by atoms with Crippen molar-refractivity contribution < 1.29 is 19.0 Å². The monoisotopic (exact) mass is 490 g/mol. The van der Waals surface area contributed by atoms with Gasteiger partial charge in [0.15, 0.2) is 11.5 Å². The van der Waals surface area contributed by atoms with Gasteiger partial charge in [-0.05, 0) is 40.8 Å². The average molecular weight is 491 g/mol. The first-order valence-corrected chi connectivity index (χ1v) is 11.7. The molecule has 1 aromatic carbocycles. The van der Waals surface area contributed by atoms with Crippen molar-refractivity contribution in [2.24, 2.45) is 0 Å². The molecule has 1 N–H and O–H groups in total. The number of amides is 1. The predicted octanol–water partition coefficient (Wildman–Crippen LogP) is 4.59. The molecule has 0 saturated carbocycles. The van der Waals surface area contributed by atoms with E-state index in [1.165, 1.54) is 29.5 Å². The van der Waals surface area contributed by atoms with Crippen LogP contribution in [0, 0.1) is 16.7 Å². The third kappa shape index (κ3) is 4.10. The Hall–Kier alpha value is -3.90. The molecule has 0 aliphatic carbocycles. The number of likely N-dealkylation sites (tertiary alicyclic amines) is 1. The number of hydrogen-bond donors (Lipinski definition) is 1. The fraction of sp³-hybridized carbons (Fsp3) is 0.308. The molecule has 0 radical (unpaired) electrons. The second-order valence-corrected chi connectivity index (χ2v) is 9.51. The largest absolute Gasteiger partial charge is 0.493 e. The molecule has 1 amide bonds. The molecular formula is C26H26N4O4S. The van der Waals surface area contributed by atoms with Gasteiger partial charge in [-0.25, -0.2) is 0 Å². The Labute approximate surface area is 208 Å². The van der Waals surface area contributed by atoms with Crippen LogP contribution >= 0.6 is 11.3 Å². The molecule has 35 heavy (non-hydrogen) atoms. The Morgan fingerprint density at radius 1 is 1.11 bits per heavy atom. The third-order valence-electron chi connectivity index (χ3n) is 6.54. The molecule has 1 saturated heterocycles. The number of thiophene rings is 1. The summed E-state index contributed by atoms with van der Waals surface area (Å²) in [7, 11) is 6.25. The van der Waals surface area contributed by atoms with E-state index in [0.717, 1.165) is 21.6 Å². The van der Waals surface area contributed by atoms with Crippen LogP contribution in [0.15, 0.2) is 42.0 Å². The van der Waals surface area contributed by atoms with Gasteiger partial charge >= 0.3 is 0 Å². The molecule has 1 aliphatic heterocycles. The van der Waals surface area contributed by atoms with E-state index < -0.39 is 11.3 Å². The number of pyridine rings is 1. The number of hydrogen-bond acceptors (Lipinski definition) is 8.